The molecule has 6 nitrogen and oxygen atoms in total. The SMILES string of the molecule is CCCCOCCCN=C(NCC)NC1CCN(c2ncccc2Cl)C1. The average Bonchev–Trinajstić information content (AvgIpc) is 3.09. The molecule has 0 amide bonds. The number of anilines is 1. The van der Waals surface area contributed by atoms with Crippen molar-refractivity contribution in [2.75, 3.05) is 44.3 Å². The van der Waals surface area contributed by atoms with Crippen molar-refractivity contribution in [2.24, 2.45) is 4.99 Å². The highest BCUT2D eigenvalue weighted by Crippen LogP contribution is 2.25. The number of guanidine groups is 1. The molecule has 146 valence electrons. The van der Waals surface area contributed by atoms with Gasteiger partial charge in [0, 0.05) is 51.6 Å². The monoisotopic (exact) mass is 381 g/mol. The molecule has 1 aromatic heterocycles. The number of pyridine rings is 1. The number of ether oxygens (including phenoxy) is 1. The van der Waals surface area contributed by atoms with Gasteiger partial charge in [-0.2, -0.15) is 0 Å². The smallest absolute Gasteiger partial charge is 0.191 e. The molecule has 0 saturated carbocycles. The molecule has 26 heavy (non-hydrogen) atoms. The van der Waals surface area contributed by atoms with Crippen molar-refractivity contribution in [3.05, 3.63) is 23.4 Å². The Bertz CT molecular complexity index is 554. The summed E-state index contributed by atoms with van der Waals surface area (Å²) in [7, 11) is 0. The van der Waals surface area contributed by atoms with Gasteiger partial charge in [-0.3, -0.25) is 4.99 Å². The predicted octanol–water partition coefficient (Wildman–Crippen LogP) is 3.08. The Morgan fingerprint density at radius 2 is 2.23 bits per heavy atom. The largest absolute Gasteiger partial charge is 0.381 e. The molecule has 0 aromatic carbocycles. The van der Waals surface area contributed by atoms with E-state index in [1.54, 1.807) is 6.20 Å². The summed E-state index contributed by atoms with van der Waals surface area (Å²) in [5, 5.41) is 7.56. The quantitative estimate of drug-likeness (QED) is 0.370. The van der Waals surface area contributed by atoms with Crippen molar-refractivity contribution in [3.63, 3.8) is 0 Å². The number of hydrogen-bond donors (Lipinski definition) is 2. The van der Waals surface area contributed by atoms with Crippen LogP contribution < -0.4 is 15.5 Å². The first-order valence-corrected chi connectivity index (χ1v) is 10.1. The zero-order valence-corrected chi connectivity index (χ0v) is 16.8. The topological polar surface area (TPSA) is 61.8 Å². The number of aromatic nitrogens is 1. The fourth-order valence-electron chi connectivity index (χ4n) is 2.90. The van der Waals surface area contributed by atoms with E-state index in [9.17, 15) is 0 Å². The molecule has 1 fully saturated rings. The van der Waals surface area contributed by atoms with Crippen LogP contribution >= 0.6 is 11.6 Å². The average molecular weight is 382 g/mol. The molecule has 1 atom stereocenters. The lowest BCUT2D eigenvalue weighted by Crippen LogP contribution is -2.44. The Morgan fingerprint density at radius 1 is 1.38 bits per heavy atom. The molecule has 1 aliphatic heterocycles. The van der Waals surface area contributed by atoms with Crippen LogP contribution in [0.4, 0.5) is 5.82 Å². The van der Waals surface area contributed by atoms with Crippen LogP contribution in [-0.4, -0.2) is 56.4 Å². The number of halogens is 1. The summed E-state index contributed by atoms with van der Waals surface area (Å²) in [6.45, 7) is 9.32. The van der Waals surface area contributed by atoms with Crippen molar-refractivity contribution in [3.8, 4) is 0 Å². The van der Waals surface area contributed by atoms with Gasteiger partial charge in [0.05, 0.1) is 5.02 Å². The van der Waals surface area contributed by atoms with Gasteiger partial charge in [0.2, 0.25) is 0 Å². The molecule has 1 saturated heterocycles. The minimum atomic E-state index is 0.340. The van der Waals surface area contributed by atoms with Crippen LogP contribution in [0.1, 0.15) is 39.5 Å². The van der Waals surface area contributed by atoms with E-state index in [0.29, 0.717) is 11.1 Å². The van der Waals surface area contributed by atoms with Crippen LogP contribution in [0.5, 0.6) is 0 Å². The van der Waals surface area contributed by atoms with Crippen molar-refractivity contribution in [2.45, 2.75) is 45.6 Å². The van der Waals surface area contributed by atoms with E-state index >= 15 is 0 Å². The molecule has 2 heterocycles. The van der Waals surface area contributed by atoms with Gasteiger partial charge in [-0.1, -0.05) is 24.9 Å². The van der Waals surface area contributed by atoms with Crippen LogP contribution in [0.15, 0.2) is 23.3 Å². The van der Waals surface area contributed by atoms with Gasteiger partial charge >= 0.3 is 0 Å². The molecule has 2 rings (SSSR count). The summed E-state index contributed by atoms with van der Waals surface area (Å²) in [5.41, 5.74) is 0. The second-order valence-corrected chi connectivity index (χ2v) is 6.87. The third-order valence-corrected chi connectivity index (χ3v) is 4.57. The highest BCUT2D eigenvalue weighted by molar-refractivity contribution is 6.32. The zero-order valence-electron chi connectivity index (χ0n) is 16.0. The van der Waals surface area contributed by atoms with Gasteiger partial charge in [-0.05, 0) is 38.3 Å². The van der Waals surface area contributed by atoms with Gasteiger partial charge < -0.3 is 20.3 Å². The molecule has 2 N–H and O–H groups in total. The van der Waals surface area contributed by atoms with E-state index in [0.717, 1.165) is 70.4 Å². The molecule has 1 aromatic rings. The lowest BCUT2D eigenvalue weighted by atomic mass is 10.3. The molecular weight excluding hydrogens is 350 g/mol. The number of nitrogens with one attached hydrogen (secondary N) is 2. The second kappa shape index (κ2) is 12.0. The number of hydrogen-bond acceptors (Lipinski definition) is 4. The lowest BCUT2D eigenvalue weighted by Gasteiger charge is -2.20. The fourth-order valence-corrected chi connectivity index (χ4v) is 3.14. The Morgan fingerprint density at radius 3 is 3.00 bits per heavy atom. The van der Waals surface area contributed by atoms with Gasteiger partial charge in [0.25, 0.3) is 0 Å². The lowest BCUT2D eigenvalue weighted by molar-refractivity contribution is 0.130. The summed E-state index contributed by atoms with van der Waals surface area (Å²) in [4.78, 5) is 11.3. The number of unbranched alkanes of at least 4 members (excludes halogenated alkanes) is 1. The first kappa shape index (κ1) is 20.8. The van der Waals surface area contributed by atoms with Gasteiger partial charge in [-0.25, -0.2) is 4.98 Å². The minimum Gasteiger partial charge on any atom is -0.381 e. The molecule has 0 radical (unpaired) electrons. The Kier molecular flexibility index (Phi) is 9.56. The van der Waals surface area contributed by atoms with Gasteiger partial charge in [0.15, 0.2) is 5.96 Å². The number of rotatable bonds is 10. The van der Waals surface area contributed by atoms with Crippen LogP contribution in [0.25, 0.3) is 0 Å². The highest BCUT2D eigenvalue weighted by atomic mass is 35.5. The fraction of sp³-hybridized carbons (Fsp3) is 0.684. The third-order valence-electron chi connectivity index (χ3n) is 4.27. The number of nitrogens with zero attached hydrogens (tertiary/aromatic N) is 3. The van der Waals surface area contributed by atoms with Crippen LogP contribution in [-0.2, 0) is 4.74 Å². The first-order valence-electron chi connectivity index (χ1n) is 9.72. The summed E-state index contributed by atoms with van der Waals surface area (Å²) >= 11 is 6.26. The molecular formula is C19H32ClN5O. The molecule has 0 aliphatic carbocycles. The molecule has 0 bridgehead atoms. The zero-order chi connectivity index (χ0) is 18.6. The molecule has 7 heteroatoms. The maximum atomic E-state index is 6.26. The Labute approximate surface area is 162 Å². The second-order valence-electron chi connectivity index (χ2n) is 6.46. The highest BCUT2D eigenvalue weighted by Gasteiger charge is 2.25. The maximum Gasteiger partial charge on any atom is 0.191 e. The normalized spacial score (nSPS) is 17.6. The maximum absolute atomic E-state index is 6.26. The molecule has 0 spiro atoms. The summed E-state index contributed by atoms with van der Waals surface area (Å²) in [5.74, 6) is 1.74. The van der Waals surface area contributed by atoms with Crippen LogP contribution in [0, 0.1) is 0 Å². The van der Waals surface area contributed by atoms with E-state index in [2.05, 4.69) is 39.4 Å². The van der Waals surface area contributed by atoms with E-state index < -0.39 is 0 Å². The van der Waals surface area contributed by atoms with E-state index in [4.69, 9.17) is 16.3 Å². The molecule has 1 aliphatic rings. The van der Waals surface area contributed by atoms with E-state index in [1.807, 2.05) is 12.1 Å². The summed E-state index contributed by atoms with van der Waals surface area (Å²) in [6, 6.07) is 4.09. The molecule has 1 unspecified atom stereocenters. The predicted molar refractivity (Wildman–Crippen MR) is 109 cm³/mol. The summed E-state index contributed by atoms with van der Waals surface area (Å²) in [6.07, 6.45) is 6.08. The van der Waals surface area contributed by atoms with E-state index in [1.165, 1.54) is 6.42 Å². The standard InChI is InChI=1S/C19H32ClN5O/c1-3-5-13-26-14-7-11-23-19(21-4-2)24-16-9-12-25(15-16)18-17(20)8-6-10-22-18/h6,8,10,16H,3-5,7,9,11-15H2,1-2H3,(H2,21,23,24). The van der Waals surface area contributed by atoms with Crippen molar-refractivity contribution in [1.29, 1.82) is 0 Å². The minimum absolute atomic E-state index is 0.340. The summed E-state index contributed by atoms with van der Waals surface area (Å²) < 4.78 is 5.59. The van der Waals surface area contributed by atoms with Crippen LogP contribution in [0.2, 0.25) is 5.02 Å². The number of aliphatic imine (C=N–C) groups is 1. The van der Waals surface area contributed by atoms with Crippen LogP contribution in [0.3, 0.4) is 0 Å². The first-order chi connectivity index (χ1) is 12.7. The van der Waals surface area contributed by atoms with Crippen molar-refractivity contribution >= 4 is 23.4 Å². The Hall–Kier alpha value is -1.53. The Balaban J connectivity index is 1.77. The van der Waals surface area contributed by atoms with Gasteiger partial charge in [-0.15, -0.1) is 0 Å². The van der Waals surface area contributed by atoms with Crippen molar-refractivity contribution in [1.82, 2.24) is 15.6 Å². The van der Waals surface area contributed by atoms with Gasteiger partial charge in [0.1, 0.15) is 5.82 Å². The van der Waals surface area contributed by atoms with E-state index in [-0.39, 0.29) is 0 Å². The third kappa shape index (κ3) is 7.00. The van der Waals surface area contributed by atoms with Crippen molar-refractivity contribution < 1.29 is 4.74 Å².